The van der Waals surface area contributed by atoms with E-state index in [1.165, 1.54) is 18.2 Å². The largest absolute Gasteiger partial charge is 0.496 e. The summed E-state index contributed by atoms with van der Waals surface area (Å²) in [5, 5.41) is 2.70. The van der Waals surface area contributed by atoms with Gasteiger partial charge in [0.25, 0.3) is 10.0 Å². The van der Waals surface area contributed by atoms with Gasteiger partial charge in [-0.25, -0.2) is 0 Å². The van der Waals surface area contributed by atoms with Crippen molar-refractivity contribution in [1.82, 2.24) is 4.90 Å². The van der Waals surface area contributed by atoms with Crippen LogP contribution in [0.15, 0.2) is 63.9 Å². The molecule has 0 aromatic heterocycles. The second-order valence-electron chi connectivity index (χ2n) is 6.60. The highest BCUT2D eigenvalue weighted by Crippen LogP contribution is 2.20. The van der Waals surface area contributed by atoms with Gasteiger partial charge in [-0.3, -0.25) is 4.79 Å². The van der Waals surface area contributed by atoms with Gasteiger partial charge >= 0.3 is 0 Å². The van der Waals surface area contributed by atoms with E-state index in [4.69, 9.17) is 4.74 Å². The number of hydrogen-bond acceptors (Lipinski definition) is 4. The first-order valence-corrected chi connectivity index (χ1v) is 10.6. The van der Waals surface area contributed by atoms with Gasteiger partial charge in [-0.1, -0.05) is 18.2 Å². The molecule has 1 saturated heterocycles. The van der Waals surface area contributed by atoms with Crippen LogP contribution in [0, 0.1) is 0 Å². The Hall–Kier alpha value is -3.13. The number of nitrogens with one attached hydrogen (secondary N) is 1. The van der Waals surface area contributed by atoms with Gasteiger partial charge in [0.15, 0.2) is 0 Å². The molecule has 1 aliphatic heterocycles. The van der Waals surface area contributed by atoms with E-state index in [2.05, 4.69) is 9.71 Å². The van der Waals surface area contributed by atoms with E-state index in [0.717, 1.165) is 18.5 Å². The number of ether oxygens (including phenoxy) is 1. The standard InChI is InChI=1S/C21H23N3O4S/c1-24-15-5-8-20(24)23-29(26,27)18-12-10-17(11-13-18)22-21(25)14-9-16-6-3-4-7-19(16)28-2/h3-4,6-7,9-14H,5,8,15H2,1-2H3,(H,22,25)/b14-9+,23-20-. The number of methoxy groups -OCH3 is 1. The fraction of sp³-hybridized carbons (Fsp3) is 0.238. The molecule has 29 heavy (non-hydrogen) atoms. The number of para-hydroxylation sites is 1. The minimum Gasteiger partial charge on any atom is -0.496 e. The van der Waals surface area contributed by atoms with Crippen LogP contribution in [0.2, 0.25) is 0 Å². The molecule has 0 atom stereocenters. The topological polar surface area (TPSA) is 88.1 Å². The Bertz CT molecular complexity index is 1040. The summed E-state index contributed by atoms with van der Waals surface area (Å²) in [5.41, 5.74) is 1.27. The fourth-order valence-corrected chi connectivity index (χ4v) is 4.06. The number of benzene rings is 2. The summed E-state index contributed by atoms with van der Waals surface area (Å²) in [6, 6.07) is 13.3. The third-order valence-electron chi connectivity index (χ3n) is 4.53. The van der Waals surface area contributed by atoms with Crippen LogP contribution in [-0.2, 0) is 14.8 Å². The molecule has 1 heterocycles. The molecule has 2 aromatic rings. The number of likely N-dealkylation sites (tertiary alicyclic amines) is 1. The van der Waals surface area contributed by atoms with Crippen molar-refractivity contribution in [3.8, 4) is 5.75 Å². The molecule has 0 saturated carbocycles. The Kier molecular flexibility index (Phi) is 6.33. The van der Waals surface area contributed by atoms with Crippen molar-refractivity contribution in [1.29, 1.82) is 0 Å². The minimum atomic E-state index is -3.77. The molecule has 7 nitrogen and oxygen atoms in total. The van der Waals surface area contributed by atoms with Crippen LogP contribution in [-0.4, -0.2) is 45.8 Å². The monoisotopic (exact) mass is 413 g/mol. The lowest BCUT2D eigenvalue weighted by atomic mass is 10.2. The average Bonchev–Trinajstić information content (AvgIpc) is 3.11. The van der Waals surface area contributed by atoms with Crippen LogP contribution < -0.4 is 10.1 Å². The molecule has 0 radical (unpaired) electrons. The minimum absolute atomic E-state index is 0.0906. The zero-order valence-corrected chi connectivity index (χ0v) is 17.1. The first-order chi connectivity index (χ1) is 13.9. The predicted molar refractivity (Wildman–Crippen MR) is 114 cm³/mol. The third-order valence-corrected chi connectivity index (χ3v) is 5.85. The first-order valence-electron chi connectivity index (χ1n) is 9.16. The molecular formula is C21H23N3O4S. The van der Waals surface area contributed by atoms with Crippen molar-refractivity contribution in [3.63, 3.8) is 0 Å². The Labute approximate surface area is 170 Å². The molecule has 0 unspecified atom stereocenters. The van der Waals surface area contributed by atoms with E-state index in [9.17, 15) is 13.2 Å². The van der Waals surface area contributed by atoms with E-state index in [0.29, 0.717) is 23.7 Å². The van der Waals surface area contributed by atoms with Crippen LogP contribution >= 0.6 is 0 Å². The number of hydrogen-bond donors (Lipinski definition) is 1. The van der Waals surface area contributed by atoms with Gasteiger partial charge in [-0.2, -0.15) is 8.42 Å². The highest BCUT2D eigenvalue weighted by Gasteiger charge is 2.20. The smallest absolute Gasteiger partial charge is 0.283 e. The molecule has 0 bridgehead atoms. The Morgan fingerprint density at radius 3 is 2.55 bits per heavy atom. The lowest BCUT2D eigenvalue weighted by Gasteiger charge is -2.11. The molecule has 1 fully saturated rings. The Morgan fingerprint density at radius 1 is 1.17 bits per heavy atom. The zero-order chi connectivity index (χ0) is 20.9. The van der Waals surface area contributed by atoms with Gasteiger partial charge in [0.1, 0.15) is 11.6 Å². The maximum atomic E-state index is 12.5. The van der Waals surface area contributed by atoms with Crippen molar-refractivity contribution in [2.45, 2.75) is 17.7 Å². The number of amides is 1. The number of amidine groups is 1. The van der Waals surface area contributed by atoms with Crippen LogP contribution in [0.25, 0.3) is 6.08 Å². The molecule has 3 rings (SSSR count). The average molecular weight is 413 g/mol. The number of carbonyl (C=O) groups is 1. The highest BCUT2D eigenvalue weighted by atomic mass is 32.2. The third kappa shape index (κ3) is 5.23. The number of sulfonamides is 1. The summed E-state index contributed by atoms with van der Waals surface area (Å²) in [5.74, 6) is 0.906. The van der Waals surface area contributed by atoms with Crippen molar-refractivity contribution >= 4 is 33.5 Å². The number of anilines is 1. The number of carbonyl (C=O) groups excluding carboxylic acids is 1. The van der Waals surface area contributed by atoms with Crippen molar-refractivity contribution in [3.05, 3.63) is 60.2 Å². The predicted octanol–water partition coefficient (Wildman–Crippen LogP) is 3.16. The molecule has 1 amide bonds. The first kappa shape index (κ1) is 20.6. The summed E-state index contributed by atoms with van der Waals surface area (Å²) >= 11 is 0. The van der Waals surface area contributed by atoms with Crippen LogP contribution in [0.3, 0.4) is 0 Å². The molecule has 1 N–H and O–H groups in total. The normalized spacial score (nSPS) is 15.8. The lowest BCUT2D eigenvalue weighted by molar-refractivity contribution is -0.111. The van der Waals surface area contributed by atoms with Crippen molar-refractivity contribution < 1.29 is 17.9 Å². The summed E-state index contributed by atoms with van der Waals surface area (Å²) in [6.45, 7) is 0.807. The molecule has 8 heteroatoms. The van der Waals surface area contributed by atoms with Crippen molar-refractivity contribution in [2.75, 3.05) is 26.0 Å². The summed E-state index contributed by atoms with van der Waals surface area (Å²) in [6.07, 6.45) is 4.60. The van der Waals surface area contributed by atoms with E-state index in [-0.39, 0.29) is 10.8 Å². The maximum Gasteiger partial charge on any atom is 0.283 e. The van der Waals surface area contributed by atoms with Crippen molar-refractivity contribution in [2.24, 2.45) is 4.40 Å². The highest BCUT2D eigenvalue weighted by molar-refractivity contribution is 7.90. The van der Waals surface area contributed by atoms with E-state index < -0.39 is 10.0 Å². The molecule has 152 valence electrons. The summed E-state index contributed by atoms with van der Waals surface area (Å²) < 4.78 is 34.1. The Morgan fingerprint density at radius 2 is 1.90 bits per heavy atom. The second kappa shape index (κ2) is 8.91. The molecule has 1 aliphatic rings. The lowest BCUT2D eigenvalue weighted by Crippen LogP contribution is -2.20. The maximum absolute atomic E-state index is 12.5. The summed E-state index contributed by atoms with van der Waals surface area (Å²) in [4.78, 5) is 14.1. The fourth-order valence-electron chi connectivity index (χ4n) is 2.96. The van der Waals surface area contributed by atoms with Gasteiger partial charge in [-0.05, 0) is 42.8 Å². The molecule has 0 spiro atoms. The SMILES string of the molecule is COc1ccccc1/C=C/C(=O)Nc1ccc(S(=O)(=O)/N=C2/CCCN2C)cc1. The Balaban J connectivity index is 1.67. The second-order valence-corrected chi connectivity index (χ2v) is 8.20. The van der Waals surface area contributed by atoms with Crippen LogP contribution in [0.5, 0.6) is 5.75 Å². The van der Waals surface area contributed by atoms with E-state index in [1.54, 1.807) is 25.3 Å². The number of nitrogens with zero attached hydrogens (tertiary/aromatic N) is 2. The molecule has 0 aliphatic carbocycles. The quantitative estimate of drug-likeness (QED) is 0.735. The van der Waals surface area contributed by atoms with Gasteiger partial charge in [0.2, 0.25) is 5.91 Å². The van der Waals surface area contributed by atoms with Crippen LogP contribution in [0.4, 0.5) is 5.69 Å². The zero-order valence-electron chi connectivity index (χ0n) is 16.3. The van der Waals surface area contributed by atoms with Gasteiger partial charge in [-0.15, -0.1) is 4.40 Å². The molecule has 2 aromatic carbocycles. The summed E-state index contributed by atoms with van der Waals surface area (Å²) in [7, 11) is -0.371. The van der Waals surface area contributed by atoms with Gasteiger partial charge in [0, 0.05) is 37.3 Å². The van der Waals surface area contributed by atoms with Gasteiger partial charge < -0.3 is 15.0 Å². The van der Waals surface area contributed by atoms with Gasteiger partial charge in [0.05, 0.1) is 12.0 Å². The van der Waals surface area contributed by atoms with E-state index >= 15 is 0 Å². The molecular weight excluding hydrogens is 390 g/mol. The number of rotatable bonds is 6. The van der Waals surface area contributed by atoms with E-state index in [1.807, 2.05) is 36.2 Å². The van der Waals surface area contributed by atoms with Crippen LogP contribution in [0.1, 0.15) is 18.4 Å².